The van der Waals surface area contributed by atoms with Crippen LogP contribution in [0.5, 0.6) is 5.75 Å². The maximum Gasteiger partial charge on any atom is 0.123 e. The summed E-state index contributed by atoms with van der Waals surface area (Å²) in [4.78, 5) is 2.49. The van der Waals surface area contributed by atoms with Crippen LogP contribution in [0.15, 0.2) is 24.3 Å². The summed E-state index contributed by atoms with van der Waals surface area (Å²) in [5.74, 6) is 1.81. The fourth-order valence-electron chi connectivity index (χ4n) is 3.89. The minimum atomic E-state index is 0.0240. The van der Waals surface area contributed by atoms with Gasteiger partial charge >= 0.3 is 0 Å². The molecular weight excluding hydrogens is 290 g/mol. The predicted octanol–water partition coefficient (Wildman–Crippen LogP) is 2.86. The molecule has 1 aromatic carbocycles. The van der Waals surface area contributed by atoms with Crippen LogP contribution in [-0.2, 0) is 16.0 Å². The standard InChI is InChI=1S/C19H27NO3/c1-21-18-5-3-2-4-16(18)11-20-9-8-19(14-20)10-17(13-23-19)22-12-15-6-7-15/h2-5,15,17H,6-14H2,1H3/t17-,19-/m0/s1. The van der Waals surface area contributed by atoms with Crippen LogP contribution < -0.4 is 4.74 Å². The largest absolute Gasteiger partial charge is 0.496 e. The van der Waals surface area contributed by atoms with Gasteiger partial charge in [0.05, 0.1) is 25.4 Å². The molecular formula is C19H27NO3. The molecule has 0 radical (unpaired) electrons. The smallest absolute Gasteiger partial charge is 0.123 e. The number of ether oxygens (including phenoxy) is 3. The van der Waals surface area contributed by atoms with Crippen molar-refractivity contribution in [1.29, 1.82) is 0 Å². The number of benzene rings is 1. The molecule has 4 rings (SSSR count). The lowest BCUT2D eigenvalue weighted by Gasteiger charge is -2.24. The number of hydrogen-bond donors (Lipinski definition) is 0. The van der Waals surface area contributed by atoms with Crippen LogP contribution in [0.2, 0.25) is 0 Å². The van der Waals surface area contributed by atoms with E-state index in [4.69, 9.17) is 14.2 Å². The van der Waals surface area contributed by atoms with E-state index in [2.05, 4.69) is 17.0 Å². The topological polar surface area (TPSA) is 30.9 Å². The van der Waals surface area contributed by atoms with Crippen molar-refractivity contribution < 1.29 is 14.2 Å². The Kier molecular flexibility index (Phi) is 4.31. The molecule has 1 spiro atoms. The van der Waals surface area contributed by atoms with Crippen molar-refractivity contribution in [2.75, 3.05) is 33.4 Å². The van der Waals surface area contributed by atoms with Gasteiger partial charge in [0.15, 0.2) is 0 Å². The van der Waals surface area contributed by atoms with Gasteiger partial charge in [0.1, 0.15) is 5.75 Å². The third-order valence-electron chi connectivity index (χ3n) is 5.42. The van der Waals surface area contributed by atoms with Gasteiger partial charge in [-0.05, 0) is 31.2 Å². The van der Waals surface area contributed by atoms with Crippen LogP contribution in [0.25, 0.3) is 0 Å². The fourth-order valence-corrected chi connectivity index (χ4v) is 3.89. The van der Waals surface area contributed by atoms with Gasteiger partial charge in [-0.3, -0.25) is 4.90 Å². The molecule has 0 unspecified atom stereocenters. The number of methoxy groups -OCH3 is 1. The van der Waals surface area contributed by atoms with Gasteiger partial charge in [-0.25, -0.2) is 0 Å². The first-order valence-corrected chi connectivity index (χ1v) is 8.86. The second-order valence-electron chi connectivity index (χ2n) is 7.37. The van der Waals surface area contributed by atoms with Crippen molar-refractivity contribution in [2.45, 2.75) is 43.9 Å². The number of nitrogens with zero attached hydrogens (tertiary/aromatic N) is 1. The van der Waals surface area contributed by atoms with E-state index in [1.165, 1.54) is 18.4 Å². The summed E-state index contributed by atoms with van der Waals surface area (Å²) in [5.41, 5.74) is 1.28. The highest BCUT2D eigenvalue weighted by Crippen LogP contribution is 2.38. The van der Waals surface area contributed by atoms with Gasteiger partial charge in [-0.15, -0.1) is 0 Å². The molecule has 3 aliphatic rings. The third-order valence-corrected chi connectivity index (χ3v) is 5.42. The van der Waals surface area contributed by atoms with Gasteiger partial charge in [0.2, 0.25) is 0 Å². The third kappa shape index (κ3) is 3.54. The second-order valence-corrected chi connectivity index (χ2v) is 7.37. The van der Waals surface area contributed by atoms with Crippen molar-refractivity contribution in [3.63, 3.8) is 0 Å². The Hall–Kier alpha value is -1.10. The van der Waals surface area contributed by atoms with Gasteiger partial charge in [-0.2, -0.15) is 0 Å². The normalized spacial score (nSPS) is 31.1. The minimum Gasteiger partial charge on any atom is -0.496 e. The van der Waals surface area contributed by atoms with E-state index in [0.29, 0.717) is 6.10 Å². The molecule has 0 aromatic heterocycles. The van der Waals surface area contributed by atoms with Crippen LogP contribution in [0, 0.1) is 5.92 Å². The second kappa shape index (κ2) is 6.42. The lowest BCUT2D eigenvalue weighted by Crippen LogP contribution is -2.33. The first kappa shape index (κ1) is 15.4. The van der Waals surface area contributed by atoms with Gasteiger partial charge in [0, 0.05) is 38.2 Å². The maximum absolute atomic E-state index is 6.19. The van der Waals surface area contributed by atoms with E-state index in [1.807, 2.05) is 12.1 Å². The van der Waals surface area contributed by atoms with Crippen LogP contribution in [0.3, 0.4) is 0 Å². The first-order valence-electron chi connectivity index (χ1n) is 8.86. The Labute approximate surface area is 138 Å². The molecule has 3 fully saturated rings. The van der Waals surface area contributed by atoms with E-state index >= 15 is 0 Å². The van der Waals surface area contributed by atoms with Crippen LogP contribution in [0.1, 0.15) is 31.2 Å². The molecule has 1 aromatic rings. The quantitative estimate of drug-likeness (QED) is 0.807. The maximum atomic E-state index is 6.19. The van der Waals surface area contributed by atoms with E-state index in [0.717, 1.165) is 57.4 Å². The van der Waals surface area contributed by atoms with Crippen LogP contribution >= 0.6 is 0 Å². The average molecular weight is 317 g/mol. The summed E-state index contributed by atoms with van der Waals surface area (Å²) in [6, 6.07) is 8.29. The Bertz CT molecular complexity index is 545. The zero-order chi connectivity index (χ0) is 15.7. The summed E-state index contributed by atoms with van der Waals surface area (Å²) >= 11 is 0. The Morgan fingerprint density at radius 2 is 2.17 bits per heavy atom. The van der Waals surface area contributed by atoms with Crippen molar-refractivity contribution in [1.82, 2.24) is 4.90 Å². The predicted molar refractivity (Wildman–Crippen MR) is 88.7 cm³/mol. The molecule has 1 saturated carbocycles. The Morgan fingerprint density at radius 3 is 3.00 bits per heavy atom. The number of likely N-dealkylation sites (tertiary alicyclic amines) is 1. The van der Waals surface area contributed by atoms with E-state index in [1.54, 1.807) is 7.11 Å². The highest BCUT2D eigenvalue weighted by atomic mass is 16.6. The molecule has 0 N–H and O–H groups in total. The molecule has 2 saturated heterocycles. The minimum absolute atomic E-state index is 0.0240. The van der Waals surface area contributed by atoms with Crippen LogP contribution in [-0.4, -0.2) is 50.0 Å². The highest BCUT2D eigenvalue weighted by Gasteiger charge is 2.46. The van der Waals surface area contributed by atoms with E-state index in [-0.39, 0.29) is 5.60 Å². The average Bonchev–Trinajstić information content (AvgIpc) is 3.21. The highest BCUT2D eigenvalue weighted by molar-refractivity contribution is 5.33. The molecule has 4 nitrogen and oxygen atoms in total. The van der Waals surface area contributed by atoms with Crippen LogP contribution in [0.4, 0.5) is 0 Å². The first-order chi connectivity index (χ1) is 11.3. The monoisotopic (exact) mass is 317 g/mol. The van der Waals surface area contributed by atoms with Crippen molar-refractivity contribution in [3.8, 4) is 5.75 Å². The van der Waals surface area contributed by atoms with Gasteiger partial charge < -0.3 is 14.2 Å². The lowest BCUT2D eigenvalue weighted by molar-refractivity contribution is 0.000826. The molecule has 2 atom stereocenters. The van der Waals surface area contributed by atoms with E-state index < -0.39 is 0 Å². The van der Waals surface area contributed by atoms with Gasteiger partial charge in [0.25, 0.3) is 0 Å². The number of para-hydroxylation sites is 1. The number of hydrogen-bond acceptors (Lipinski definition) is 4. The summed E-state index contributed by atoms with van der Waals surface area (Å²) in [5, 5.41) is 0. The van der Waals surface area contributed by atoms with Crippen molar-refractivity contribution in [2.24, 2.45) is 5.92 Å². The fraction of sp³-hybridized carbons (Fsp3) is 0.684. The Balaban J connectivity index is 1.32. The molecule has 126 valence electrons. The van der Waals surface area contributed by atoms with Crippen molar-refractivity contribution >= 4 is 0 Å². The molecule has 1 aliphatic carbocycles. The molecule has 2 aliphatic heterocycles. The Morgan fingerprint density at radius 1 is 1.30 bits per heavy atom. The molecule has 0 amide bonds. The van der Waals surface area contributed by atoms with E-state index in [9.17, 15) is 0 Å². The molecule has 4 heteroatoms. The number of rotatable bonds is 6. The summed E-state index contributed by atoms with van der Waals surface area (Å²) in [6.07, 6.45) is 5.19. The summed E-state index contributed by atoms with van der Waals surface area (Å²) < 4.78 is 17.7. The van der Waals surface area contributed by atoms with Gasteiger partial charge in [-0.1, -0.05) is 18.2 Å². The zero-order valence-electron chi connectivity index (χ0n) is 14.0. The summed E-state index contributed by atoms with van der Waals surface area (Å²) in [7, 11) is 1.74. The SMILES string of the molecule is COc1ccccc1CN1CC[C@]2(C[C@H](OCC3CC3)CO2)C1. The lowest BCUT2D eigenvalue weighted by atomic mass is 9.98. The molecule has 0 bridgehead atoms. The van der Waals surface area contributed by atoms with Crippen molar-refractivity contribution in [3.05, 3.63) is 29.8 Å². The summed E-state index contributed by atoms with van der Waals surface area (Å²) in [6.45, 7) is 4.74. The zero-order valence-corrected chi connectivity index (χ0v) is 14.0. The molecule has 2 heterocycles. The molecule has 23 heavy (non-hydrogen) atoms.